The summed E-state index contributed by atoms with van der Waals surface area (Å²) in [5.41, 5.74) is 3.88. The molecule has 1 atom stereocenters. The quantitative estimate of drug-likeness (QED) is 0.620. The van der Waals surface area contributed by atoms with Gasteiger partial charge in [0.25, 0.3) is 0 Å². The Bertz CT molecular complexity index is 376. The molecule has 0 heterocycles. The minimum atomic E-state index is -4.38. The van der Waals surface area contributed by atoms with Crippen LogP contribution in [-0.2, 0) is 4.84 Å². The average Bonchev–Trinajstić information content (AvgIpc) is 2.33. The summed E-state index contributed by atoms with van der Waals surface area (Å²) in [6, 6.07) is 7.29. The van der Waals surface area contributed by atoms with Crippen molar-refractivity contribution in [1.82, 2.24) is 5.48 Å². The third-order valence-electron chi connectivity index (χ3n) is 2.60. The smallest absolute Gasteiger partial charge is 0.387 e. The molecule has 0 saturated heterocycles. The molecule has 1 aromatic carbocycles. The molecule has 0 aliphatic carbocycles. The molecule has 1 aromatic rings. The van der Waals surface area contributed by atoms with Gasteiger partial charge in [-0.2, -0.15) is 18.7 Å². The van der Waals surface area contributed by atoms with E-state index in [2.05, 4.69) is 24.2 Å². The normalized spacial score (nSPS) is 13.8. The van der Waals surface area contributed by atoms with Crippen LogP contribution in [0.15, 0.2) is 24.3 Å². The third-order valence-corrected chi connectivity index (χ3v) is 2.60. The van der Waals surface area contributed by atoms with Crippen LogP contribution in [-0.4, -0.2) is 24.4 Å². The number of alkyl halides is 3. The van der Waals surface area contributed by atoms with Gasteiger partial charge in [0, 0.05) is 0 Å². The van der Waals surface area contributed by atoms with Crippen molar-refractivity contribution in [2.45, 2.75) is 32.0 Å². The van der Waals surface area contributed by atoms with Crippen LogP contribution in [0.5, 0.6) is 0 Å². The second-order valence-corrected chi connectivity index (χ2v) is 4.59. The molecular formula is C13H18F3NO2. The first-order chi connectivity index (χ1) is 8.79. The Balaban J connectivity index is 2.39. The van der Waals surface area contributed by atoms with Gasteiger partial charge in [-0.15, -0.1) is 0 Å². The standard InChI is InChI=1S/C13H18F3NO2/c1-9(2)10-3-5-11(6-4-10)12(18)7-17-19-8-13(14,15)16/h3-6,9,12,17-18H,7-8H2,1-2H3. The molecule has 0 fully saturated rings. The van der Waals surface area contributed by atoms with Gasteiger partial charge in [0.15, 0.2) is 6.61 Å². The van der Waals surface area contributed by atoms with Crippen LogP contribution in [0, 0.1) is 0 Å². The lowest BCUT2D eigenvalue weighted by Gasteiger charge is -2.14. The molecule has 1 unspecified atom stereocenters. The number of rotatable bonds is 6. The number of benzene rings is 1. The summed E-state index contributed by atoms with van der Waals surface area (Å²) in [4.78, 5) is 4.22. The number of halogens is 3. The summed E-state index contributed by atoms with van der Waals surface area (Å²) in [6.45, 7) is 2.62. The van der Waals surface area contributed by atoms with Crippen molar-refractivity contribution < 1.29 is 23.1 Å². The van der Waals surface area contributed by atoms with Crippen LogP contribution in [0.1, 0.15) is 37.0 Å². The predicted octanol–water partition coefficient (Wildman–Crippen LogP) is 2.93. The lowest BCUT2D eigenvalue weighted by molar-refractivity contribution is -0.191. The number of hydrogen-bond donors (Lipinski definition) is 2. The molecule has 19 heavy (non-hydrogen) atoms. The molecule has 1 rings (SSSR count). The van der Waals surface area contributed by atoms with E-state index in [0.717, 1.165) is 5.56 Å². The summed E-state index contributed by atoms with van der Waals surface area (Å²) >= 11 is 0. The SMILES string of the molecule is CC(C)c1ccc(C(O)CNOCC(F)(F)F)cc1. The molecule has 0 amide bonds. The van der Waals surface area contributed by atoms with Gasteiger partial charge in [0.1, 0.15) is 0 Å². The van der Waals surface area contributed by atoms with E-state index in [1.807, 2.05) is 12.1 Å². The van der Waals surface area contributed by atoms with E-state index in [1.54, 1.807) is 12.1 Å². The van der Waals surface area contributed by atoms with E-state index in [0.29, 0.717) is 11.5 Å². The summed E-state index contributed by atoms with van der Waals surface area (Å²) in [6.07, 6.45) is -5.29. The lowest BCUT2D eigenvalue weighted by Crippen LogP contribution is -2.28. The van der Waals surface area contributed by atoms with Crippen molar-refractivity contribution >= 4 is 0 Å². The van der Waals surface area contributed by atoms with E-state index in [1.165, 1.54) is 0 Å². The van der Waals surface area contributed by atoms with Crippen molar-refractivity contribution in [3.8, 4) is 0 Å². The largest absolute Gasteiger partial charge is 0.413 e. The highest BCUT2D eigenvalue weighted by atomic mass is 19.4. The predicted molar refractivity (Wildman–Crippen MR) is 65.5 cm³/mol. The molecule has 0 aliphatic heterocycles. The zero-order valence-corrected chi connectivity index (χ0v) is 10.9. The molecule has 0 aliphatic rings. The van der Waals surface area contributed by atoms with Crippen molar-refractivity contribution in [2.75, 3.05) is 13.2 Å². The molecule has 2 N–H and O–H groups in total. The Kier molecular flexibility index (Phi) is 5.78. The van der Waals surface area contributed by atoms with Gasteiger partial charge < -0.3 is 5.11 Å². The maximum atomic E-state index is 11.8. The Morgan fingerprint density at radius 2 is 1.68 bits per heavy atom. The van der Waals surface area contributed by atoms with E-state index in [-0.39, 0.29) is 6.54 Å². The summed E-state index contributed by atoms with van der Waals surface area (Å²) in [5, 5.41) is 9.76. The Labute approximate surface area is 110 Å². The maximum Gasteiger partial charge on any atom is 0.413 e. The van der Waals surface area contributed by atoms with E-state index in [4.69, 9.17) is 0 Å². The molecule has 0 radical (unpaired) electrons. The minimum absolute atomic E-state index is 0.100. The minimum Gasteiger partial charge on any atom is -0.387 e. The second-order valence-electron chi connectivity index (χ2n) is 4.59. The zero-order chi connectivity index (χ0) is 14.5. The molecule has 0 aromatic heterocycles. The second kappa shape index (κ2) is 6.88. The Morgan fingerprint density at radius 1 is 1.16 bits per heavy atom. The van der Waals surface area contributed by atoms with Crippen molar-refractivity contribution in [3.05, 3.63) is 35.4 Å². The van der Waals surface area contributed by atoms with Crippen molar-refractivity contribution in [2.24, 2.45) is 0 Å². The number of hydrogen-bond acceptors (Lipinski definition) is 3. The molecule has 6 heteroatoms. The number of aliphatic hydroxyl groups excluding tert-OH is 1. The van der Waals surface area contributed by atoms with E-state index < -0.39 is 18.9 Å². The summed E-state index contributed by atoms with van der Waals surface area (Å²) in [5.74, 6) is 0.388. The van der Waals surface area contributed by atoms with Crippen LogP contribution in [0.3, 0.4) is 0 Å². The molecule has 108 valence electrons. The van der Waals surface area contributed by atoms with Gasteiger partial charge >= 0.3 is 6.18 Å². The number of aliphatic hydroxyl groups is 1. The molecule has 0 bridgehead atoms. The highest BCUT2D eigenvalue weighted by Crippen LogP contribution is 2.18. The highest BCUT2D eigenvalue weighted by Gasteiger charge is 2.27. The van der Waals surface area contributed by atoms with E-state index >= 15 is 0 Å². The average molecular weight is 277 g/mol. The fourth-order valence-electron chi connectivity index (χ4n) is 1.49. The van der Waals surface area contributed by atoms with Crippen LogP contribution in [0.25, 0.3) is 0 Å². The van der Waals surface area contributed by atoms with Gasteiger partial charge in [-0.1, -0.05) is 38.1 Å². The zero-order valence-electron chi connectivity index (χ0n) is 10.9. The van der Waals surface area contributed by atoms with Gasteiger partial charge in [-0.25, -0.2) is 0 Å². The van der Waals surface area contributed by atoms with Gasteiger partial charge in [0.2, 0.25) is 0 Å². The Morgan fingerprint density at radius 3 is 2.16 bits per heavy atom. The summed E-state index contributed by atoms with van der Waals surface area (Å²) in [7, 11) is 0. The molecule has 0 spiro atoms. The van der Waals surface area contributed by atoms with Crippen molar-refractivity contribution in [1.29, 1.82) is 0 Å². The van der Waals surface area contributed by atoms with Gasteiger partial charge in [0.05, 0.1) is 12.6 Å². The topological polar surface area (TPSA) is 41.5 Å². The monoisotopic (exact) mass is 277 g/mol. The lowest BCUT2D eigenvalue weighted by atomic mass is 10.00. The maximum absolute atomic E-state index is 11.8. The number of nitrogens with one attached hydrogen (secondary N) is 1. The molecular weight excluding hydrogens is 259 g/mol. The van der Waals surface area contributed by atoms with Crippen LogP contribution in [0.2, 0.25) is 0 Å². The molecule has 3 nitrogen and oxygen atoms in total. The van der Waals surface area contributed by atoms with Gasteiger partial charge in [-0.05, 0) is 17.0 Å². The third kappa shape index (κ3) is 6.04. The fraction of sp³-hybridized carbons (Fsp3) is 0.538. The van der Waals surface area contributed by atoms with Crippen molar-refractivity contribution in [3.63, 3.8) is 0 Å². The van der Waals surface area contributed by atoms with E-state index in [9.17, 15) is 18.3 Å². The first-order valence-corrected chi connectivity index (χ1v) is 5.99. The van der Waals surface area contributed by atoms with Crippen LogP contribution >= 0.6 is 0 Å². The van der Waals surface area contributed by atoms with Crippen LogP contribution < -0.4 is 5.48 Å². The fourth-order valence-corrected chi connectivity index (χ4v) is 1.49. The first-order valence-electron chi connectivity index (χ1n) is 5.99. The molecule has 0 saturated carbocycles. The Hall–Kier alpha value is -1.11. The van der Waals surface area contributed by atoms with Crippen LogP contribution in [0.4, 0.5) is 13.2 Å². The number of hydroxylamine groups is 1. The summed E-state index contributed by atoms with van der Waals surface area (Å²) < 4.78 is 35.4. The van der Waals surface area contributed by atoms with Gasteiger partial charge in [-0.3, -0.25) is 4.84 Å². The highest BCUT2D eigenvalue weighted by molar-refractivity contribution is 5.26. The first kappa shape index (κ1) is 15.9.